The number of carbonyl (C=O) groups excluding carboxylic acids is 3. The lowest BCUT2D eigenvalue weighted by Crippen LogP contribution is -2.46. The molecule has 2 heterocycles. The van der Waals surface area contributed by atoms with Gasteiger partial charge in [0.25, 0.3) is 7.37 Å². The molecule has 1 aliphatic heterocycles. The minimum Gasteiger partial charge on any atom is -0.350 e. The van der Waals surface area contributed by atoms with Gasteiger partial charge < -0.3 is 19.7 Å². The number of nitrogens with one attached hydrogen (secondary N) is 1. The number of rotatable bonds is 8. The number of carbonyl (C=O) groups is 3. The second-order valence-corrected chi connectivity index (χ2v) is 12.8. The van der Waals surface area contributed by atoms with Crippen LogP contribution >= 0.6 is 19.0 Å². The Kier molecular flexibility index (Phi) is 8.32. The van der Waals surface area contributed by atoms with Gasteiger partial charge in [-0.15, -0.1) is 0 Å². The van der Waals surface area contributed by atoms with Crippen LogP contribution in [0.25, 0.3) is 10.9 Å². The number of likely N-dealkylation sites (tertiary alicyclic amines) is 1. The fraction of sp³-hybridized carbons (Fsp3) is 0.233. The normalized spacial score (nSPS) is 18.2. The molecule has 1 aromatic heterocycles. The molecule has 0 spiro atoms. The summed E-state index contributed by atoms with van der Waals surface area (Å²) in [5, 5.41) is 3.27. The van der Waals surface area contributed by atoms with Crippen molar-refractivity contribution >= 4 is 58.1 Å². The number of hydrogen-bond acceptors (Lipinski definition) is 4. The van der Waals surface area contributed by atoms with Gasteiger partial charge in [0.05, 0.1) is 17.1 Å². The third kappa shape index (κ3) is 5.75. The monoisotopic (exact) mass is 613 g/mol. The Morgan fingerprint density at radius 2 is 1.81 bits per heavy atom. The van der Waals surface area contributed by atoms with E-state index in [0.29, 0.717) is 16.5 Å². The number of amides is 2. The van der Waals surface area contributed by atoms with Crippen molar-refractivity contribution in [2.24, 2.45) is 0 Å². The van der Waals surface area contributed by atoms with E-state index >= 15 is 0 Å². The molecule has 5 rings (SSSR count). The van der Waals surface area contributed by atoms with Gasteiger partial charge >= 0.3 is 0 Å². The molecule has 0 bridgehead atoms. The Bertz CT molecular complexity index is 1750. The van der Waals surface area contributed by atoms with E-state index in [1.165, 1.54) is 48.0 Å². The molecule has 0 radical (unpaired) electrons. The molecule has 3 aromatic carbocycles. The van der Waals surface area contributed by atoms with Crippen LogP contribution in [-0.2, 0) is 27.2 Å². The van der Waals surface area contributed by atoms with Crippen LogP contribution in [0.5, 0.6) is 0 Å². The summed E-state index contributed by atoms with van der Waals surface area (Å²) in [6.45, 7) is 0.503. The summed E-state index contributed by atoms with van der Waals surface area (Å²) in [4.78, 5) is 50.9. The van der Waals surface area contributed by atoms with E-state index in [1.54, 1.807) is 36.4 Å². The predicted octanol–water partition coefficient (Wildman–Crippen LogP) is 4.11. The topological polar surface area (TPSA) is 109 Å². The first-order valence-corrected chi connectivity index (χ1v) is 15.2. The van der Waals surface area contributed by atoms with Crippen LogP contribution in [0.3, 0.4) is 0 Å². The lowest BCUT2D eigenvalue weighted by Gasteiger charge is -2.24. The van der Waals surface area contributed by atoms with E-state index in [-0.39, 0.29) is 53.0 Å². The maximum Gasteiger partial charge on any atom is 0.258 e. The number of benzene rings is 3. The number of halogens is 3. The largest absolute Gasteiger partial charge is 0.350 e. The highest BCUT2D eigenvalue weighted by Crippen LogP contribution is 2.39. The number of aromatic nitrogens is 1. The van der Waals surface area contributed by atoms with Gasteiger partial charge in [0.15, 0.2) is 5.78 Å². The summed E-state index contributed by atoms with van der Waals surface area (Å²) < 4.78 is 43.6. The molecule has 1 fully saturated rings. The highest BCUT2D eigenvalue weighted by atomic mass is 35.5. The van der Waals surface area contributed by atoms with Crippen molar-refractivity contribution in [1.82, 2.24) is 14.8 Å². The van der Waals surface area contributed by atoms with Gasteiger partial charge in [-0.2, -0.15) is 0 Å². The number of fused-ring (bicyclic) bond motifs is 1. The predicted molar refractivity (Wildman–Crippen MR) is 156 cm³/mol. The van der Waals surface area contributed by atoms with Gasteiger partial charge in [0.2, 0.25) is 11.8 Å². The maximum absolute atomic E-state index is 14.5. The quantitative estimate of drug-likeness (QED) is 0.230. The van der Waals surface area contributed by atoms with Gasteiger partial charge in [-0.05, 0) is 37.3 Å². The molecular weight excluding hydrogens is 587 g/mol. The average molecular weight is 614 g/mol. The van der Waals surface area contributed by atoms with Gasteiger partial charge in [-0.3, -0.25) is 18.9 Å². The van der Waals surface area contributed by atoms with Gasteiger partial charge in [-0.25, -0.2) is 8.78 Å². The zero-order chi connectivity index (χ0) is 30.2. The van der Waals surface area contributed by atoms with E-state index in [9.17, 15) is 32.6 Å². The molecule has 4 aromatic rings. The van der Waals surface area contributed by atoms with Crippen molar-refractivity contribution in [2.75, 3.05) is 6.54 Å². The molecule has 1 saturated heterocycles. The van der Waals surface area contributed by atoms with E-state index < -0.39 is 37.2 Å². The Hall–Kier alpha value is -3.85. The number of alkyl halides is 1. The highest BCUT2D eigenvalue weighted by molar-refractivity contribution is 7.73. The van der Waals surface area contributed by atoms with Gasteiger partial charge in [0, 0.05) is 46.3 Å². The Morgan fingerprint density at radius 3 is 2.52 bits per heavy atom. The van der Waals surface area contributed by atoms with Crippen LogP contribution in [0, 0.1) is 5.82 Å². The number of hydrogen-bond donors (Lipinski definition) is 2. The summed E-state index contributed by atoms with van der Waals surface area (Å²) in [6, 6.07) is 15.9. The van der Waals surface area contributed by atoms with Gasteiger partial charge in [-0.1, -0.05) is 48.0 Å². The molecule has 1 aliphatic rings. The number of ketones is 1. The molecule has 2 N–H and O–H groups in total. The number of Topliss-reactive ketones (excluding diaryl/α,β-unsaturated/α-hetero) is 1. The zero-order valence-corrected chi connectivity index (χ0v) is 24.1. The van der Waals surface area contributed by atoms with Crippen LogP contribution < -0.4 is 15.9 Å². The van der Waals surface area contributed by atoms with Crippen LogP contribution in [0.1, 0.15) is 29.3 Å². The summed E-state index contributed by atoms with van der Waals surface area (Å²) in [5.74, 6) is -2.18. The fourth-order valence-electron chi connectivity index (χ4n) is 5.19. The first-order chi connectivity index (χ1) is 20.0. The van der Waals surface area contributed by atoms with Crippen molar-refractivity contribution < 1.29 is 32.6 Å². The van der Waals surface area contributed by atoms with Crippen LogP contribution in [0.15, 0.2) is 72.9 Å². The summed E-state index contributed by atoms with van der Waals surface area (Å²) in [6.07, 6.45) is -0.200. The summed E-state index contributed by atoms with van der Waals surface area (Å²) in [5.41, 5.74) is 0.815. The molecule has 42 heavy (non-hydrogen) atoms. The van der Waals surface area contributed by atoms with E-state index in [2.05, 4.69) is 5.32 Å². The molecular formula is C30H27ClF2N3O5P. The van der Waals surface area contributed by atoms with E-state index in [0.717, 1.165) is 4.90 Å². The molecule has 0 saturated carbocycles. The van der Waals surface area contributed by atoms with Gasteiger partial charge in [0.1, 0.15) is 24.6 Å². The second-order valence-electron chi connectivity index (χ2n) is 10.2. The third-order valence-electron chi connectivity index (χ3n) is 7.36. The average Bonchev–Trinajstić information content (AvgIpc) is 3.54. The lowest BCUT2D eigenvalue weighted by molar-refractivity contribution is -0.139. The van der Waals surface area contributed by atoms with Crippen LogP contribution in [0.4, 0.5) is 8.78 Å². The van der Waals surface area contributed by atoms with E-state index in [1.807, 2.05) is 0 Å². The fourth-order valence-corrected chi connectivity index (χ4v) is 6.83. The van der Waals surface area contributed by atoms with Crippen LogP contribution in [-0.4, -0.2) is 50.7 Å². The Morgan fingerprint density at radius 1 is 1.07 bits per heavy atom. The molecule has 218 valence electrons. The van der Waals surface area contributed by atoms with Crippen LogP contribution in [0.2, 0.25) is 5.02 Å². The first kappa shape index (κ1) is 29.6. The third-order valence-corrected chi connectivity index (χ3v) is 9.63. The molecule has 8 nitrogen and oxygen atoms in total. The van der Waals surface area contributed by atoms with E-state index in [4.69, 9.17) is 11.6 Å². The van der Waals surface area contributed by atoms with Crippen molar-refractivity contribution in [2.45, 2.75) is 38.6 Å². The Balaban J connectivity index is 1.41. The minimum atomic E-state index is -3.99. The molecule has 2 amide bonds. The molecule has 3 atom stereocenters. The lowest BCUT2D eigenvalue weighted by atomic mass is 10.1. The molecule has 3 unspecified atom stereocenters. The SMILES string of the molecule is CC(=O)c1cn(CC(=O)N2CC(F)CC2C(=O)NCc2cccc(Cl)c2F)c2cc(P(=O)(O)c3ccccc3)ccc12. The van der Waals surface area contributed by atoms with Crippen molar-refractivity contribution in [1.29, 1.82) is 0 Å². The maximum atomic E-state index is 14.5. The number of nitrogens with zero attached hydrogens (tertiary/aromatic N) is 2. The van der Waals surface area contributed by atoms with Crippen molar-refractivity contribution in [3.63, 3.8) is 0 Å². The summed E-state index contributed by atoms with van der Waals surface area (Å²) in [7, 11) is -3.99. The smallest absolute Gasteiger partial charge is 0.258 e. The second kappa shape index (κ2) is 11.8. The highest BCUT2D eigenvalue weighted by Gasteiger charge is 2.40. The minimum absolute atomic E-state index is 0.100. The molecule has 12 heteroatoms. The van der Waals surface area contributed by atoms with Crippen molar-refractivity contribution in [3.8, 4) is 0 Å². The van der Waals surface area contributed by atoms with Crippen molar-refractivity contribution in [3.05, 3.63) is 94.9 Å². The first-order valence-electron chi connectivity index (χ1n) is 13.1. The zero-order valence-electron chi connectivity index (χ0n) is 22.5. The Labute approximate surface area is 245 Å². The molecule has 0 aliphatic carbocycles. The standard InChI is InChI=1S/C30H27ClF2N3O5P/c1-18(37)24-16-35(26-13-22(10-11-23(24)26)42(40,41)21-7-3-2-4-8-21)17-28(38)36-15-20(32)12-27(36)30(39)34-14-19-6-5-9-25(31)29(19)33/h2-11,13,16,20,27H,12,14-15,17H2,1H3,(H,34,39)(H,40,41). The summed E-state index contributed by atoms with van der Waals surface area (Å²) >= 11 is 5.80.